The number of halogens is 1. The largest absolute Gasteiger partial charge is 0.459 e. The average molecular weight is 401 g/mol. The van der Waals surface area contributed by atoms with Gasteiger partial charge in [0.2, 0.25) is 0 Å². The first-order valence-electron chi connectivity index (χ1n) is 8.92. The maximum absolute atomic E-state index is 12.6. The summed E-state index contributed by atoms with van der Waals surface area (Å²) >= 11 is 5.69. The van der Waals surface area contributed by atoms with Gasteiger partial charge in [0.05, 0.1) is 5.54 Å². The van der Waals surface area contributed by atoms with E-state index >= 15 is 0 Å². The predicted molar refractivity (Wildman–Crippen MR) is 105 cm³/mol. The van der Waals surface area contributed by atoms with Crippen LogP contribution in [0.1, 0.15) is 29.3 Å². The van der Waals surface area contributed by atoms with Crippen molar-refractivity contribution in [3.8, 4) is 0 Å². The van der Waals surface area contributed by atoms with E-state index in [4.69, 9.17) is 16.3 Å². The third kappa shape index (κ3) is 4.70. The summed E-state index contributed by atoms with van der Waals surface area (Å²) in [6.45, 7) is 2.01. The summed E-state index contributed by atoms with van der Waals surface area (Å²) in [6, 6.07) is 17.2. The molecule has 0 radical (unpaired) electrons. The maximum Gasteiger partial charge on any atom is 0.329 e. The number of benzene rings is 2. The van der Waals surface area contributed by atoms with Crippen molar-refractivity contribution in [2.24, 2.45) is 0 Å². The highest BCUT2D eigenvalue weighted by Crippen LogP contribution is 2.29. The number of esters is 1. The molecule has 0 aromatic heterocycles. The van der Waals surface area contributed by atoms with Crippen molar-refractivity contribution in [3.63, 3.8) is 0 Å². The molecule has 2 aromatic rings. The molecule has 7 heteroatoms. The molecule has 1 heterocycles. The van der Waals surface area contributed by atoms with Crippen molar-refractivity contribution in [2.75, 3.05) is 6.54 Å². The molecular weight excluding hydrogens is 380 g/mol. The first-order valence-corrected chi connectivity index (χ1v) is 9.30. The number of nitrogens with one attached hydrogen (secondary N) is 1. The molecule has 1 N–H and O–H groups in total. The molecule has 1 saturated heterocycles. The second kappa shape index (κ2) is 8.44. The molecular formula is C21H21ClN2O4. The van der Waals surface area contributed by atoms with Crippen molar-refractivity contribution >= 4 is 28.8 Å². The Kier molecular flexibility index (Phi) is 5.99. The number of carbonyl (C=O) groups is 3. The normalized spacial score (nSPS) is 21.2. The van der Waals surface area contributed by atoms with E-state index in [0.29, 0.717) is 5.56 Å². The van der Waals surface area contributed by atoms with E-state index in [1.807, 2.05) is 36.4 Å². The van der Waals surface area contributed by atoms with E-state index in [0.717, 1.165) is 5.56 Å². The van der Waals surface area contributed by atoms with Crippen molar-refractivity contribution in [1.82, 2.24) is 10.2 Å². The van der Waals surface area contributed by atoms with Gasteiger partial charge in [-0.3, -0.25) is 9.59 Å². The number of rotatable bonds is 5. The molecule has 0 bridgehead atoms. The van der Waals surface area contributed by atoms with Crippen molar-refractivity contribution in [1.29, 1.82) is 0 Å². The number of hydrogen-bond donors (Lipinski definition) is 1. The van der Waals surface area contributed by atoms with Crippen LogP contribution in [0.5, 0.6) is 0 Å². The number of carbonyl (C=O) groups excluding carboxylic acids is 3. The fourth-order valence-electron chi connectivity index (χ4n) is 3.33. The number of likely N-dealkylation sites (tertiary alicyclic amines) is 1. The quantitative estimate of drug-likeness (QED) is 0.474. The van der Waals surface area contributed by atoms with Gasteiger partial charge >= 0.3 is 11.3 Å². The van der Waals surface area contributed by atoms with Crippen molar-refractivity contribution in [2.45, 2.75) is 31.5 Å². The summed E-state index contributed by atoms with van der Waals surface area (Å²) in [5, 5.41) is 2.17. The molecule has 0 unspecified atom stereocenters. The predicted octanol–water partition coefficient (Wildman–Crippen LogP) is 3.35. The third-order valence-electron chi connectivity index (χ3n) is 4.71. The minimum Gasteiger partial charge on any atom is -0.459 e. The van der Waals surface area contributed by atoms with E-state index in [1.165, 1.54) is 4.90 Å². The van der Waals surface area contributed by atoms with Gasteiger partial charge in [0.25, 0.3) is 5.91 Å². The molecule has 0 saturated carbocycles. The van der Waals surface area contributed by atoms with E-state index in [1.54, 1.807) is 31.2 Å². The van der Waals surface area contributed by atoms with Crippen LogP contribution in [0.2, 0.25) is 0 Å². The summed E-state index contributed by atoms with van der Waals surface area (Å²) in [7, 11) is 0. The molecule has 6 nitrogen and oxygen atoms in total. The molecule has 1 fully saturated rings. The SMILES string of the molecule is C[C@@]1(NC(=O)c2ccccc2)C[C@@H](C(=O)OCc2ccccc2)N(C(=O)Cl)C1. The van der Waals surface area contributed by atoms with Gasteiger partial charge in [-0.15, -0.1) is 0 Å². The van der Waals surface area contributed by atoms with Crippen LogP contribution in [0.25, 0.3) is 0 Å². The summed E-state index contributed by atoms with van der Waals surface area (Å²) < 4.78 is 5.37. The monoisotopic (exact) mass is 400 g/mol. The first-order chi connectivity index (χ1) is 13.4. The zero-order chi connectivity index (χ0) is 20.1. The molecule has 2 aromatic carbocycles. The Morgan fingerprint density at radius 1 is 1.11 bits per heavy atom. The van der Waals surface area contributed by atoms with Gasteiger partial charge in [-0.05, 0) is 36.2 Å². The summed E-state index contributed by atoms with van der Waals surface area (Å²) in [5.41, 5.74) is 0.550. The Balaban J connectivity index is 1.68. The van der Waals surface area contributed by atoms with Gasteiger partial charge in [-0.1, -0.05) is 48.5 Å². The Labute approximate surface area is 168 Å². The first kappa shape index (κ1) is 19.9. The van der Waals surface area contributed by atoms with Crippen LogP contribution in [0.15, 0.2) is 60.7 Å². The zero-order valence-corrected chi connectivity index (χ0v) is 16.2. The summed E-state index contributed by atoms with van der Waals surface area (Å²) in [6.07, 6.45) is 0.220. The molecule has 2 atom stereocenters. The fraction of sp³-hybridized carbons (Fsp3) is 0.286. The second-order valence-electron chi connectivity index (χ2n) is 7.07. The minimum atomic E-state index is -0.852. The average Bonchev–Trinajstić information content (AvgIpc) is 3.05. The lowest BCUT2D eigenvalue weighted by molar-refractivity contribution is -0.149. The van der Waals surface area contributed by atoms with Crippen molar-refractivity contribution < 1.29 is 19.1 Å². The summed E-state index contributed by atoms with van der Waals surface area (Å²) in [4.78, 5) is 38.2. The molecule has 1 aliphatic rings. The highest BCUT2D eigenvalue weighted by Gasteiger charge is 2.47. The molecule has 146 valence electrons. The van der Waals surface area contributed by atoms with Crippen molar-refractivity contribution in [3.05, 3.63) is 71.8 Å². The second-order valence-corrected chi connectivity index (χ2v) is 7.40. The number of nitrogens with zero attached hydrogens (tertiary/aromatic N) is 1. The highest BCUT2D eigenvalue weighted by molar-refractivity contribution is 6.63. The third-order valence-corrected chi connectivity index (χ3v) is 4.93. The van der Waals surface area contributed by atoms with Gasteiger partial charge < -0.3 is 15.0 Å². The van der Waals surface area contributed by atoms with Gasteiger partial charge in [0.15, 0.2) is 0 Å². The molecule has 3 rings (SSSR count). The fourth-order valence-corrected chi connectivity index (χ4v) is 3.51. The zero-order valence-electron chi connectivity index (χ0n) is 15.4. The standard InChI is InChI=1S/C21H21ClN2O4/c1-21(23-18(25)16-10-6-3-7-11-16)12-17(24(14-21)20(22)27)19(26)28-13-15-8-4-2-5-9-15/h2-11,17H,12-14H2,1H3,(H,23,25)/t17-,21+/m0/s1. The van der Waals surface area contributed by atoms with E-state index in [9.17, 15) is 14.4 Å². The maximum atomic E-state index is 12.6. The van der Waals surface area contributed by atoms with E-state index < -0.39 is 22.9 Å². The smallest absolute Gasteiger partial charge is 0.329 e. The number of ether oxygens (including phenoxy) is 1. The number of amides is 2. The van der Waals surface area contributed by atoms with Crippen LogP contribution in [0.4, 0.5) is 4.79 Å². The minimum absolute atomic E-state index is 0.105. The number of hydrogen-bond acceptors (Lipinski definition) is 4. The lowest BCUT2D eigenvalue weighted by Gasteiger charge is -2.25. The van der Waals surface area contributed by atoms with Crippen LogP contribution < -0.4 is 5.32 Å². The van der Waals surface area contributed by atoms with Crippen LogP contribution in [0.3, 0.4) is 0 Å². The lowest BCUT2D eigenvalue weighted by Crippen LogP contribution is -2.48. The molecule has 2 amide bonds. The summed E-state index contributed by atoms with van der Waals surface area (Å²) in [5.74, 6) is -0.820. The van der Waals surface area contributed by atoms with Gasteiger partial charge in [-0.2, -0.15) is 0 Å². The van der Waals surface area contributed by atoms with Crippen LogP contribution in [-0.2, 0) is 16.1 Å². The van der Waals surface area contributed by atoms with Gasteiger partial charge in [0.1, 0.15) is 12.6 Å². The van der Waals surface area contributed by atoms with Gasteiger partial charge in [-0.25, -0.2) is 4.79 Å². The molecule has 0 aliphatic carbocycles. The molecule has 0 spiro atoms. The Hall–Kier alpha value is -2.86. The van der Waals surface area contributed by atoms with Gasteiger partial charge in [0, 0.05) is 18.5 Å². The Bertz CT molecular complexity index is 859. The highest BCUT2D eigenvalue weighted by atomic mass is 35.5. The topological polar surface area (TPSA) is 75.7 Å². The van der Waals surface area contributed by atoms with Crippen LogP contribution >= 0.6 is 11.6 Å². The lowest BCUT2D eigenvalue weighted by atomic mass is 9.97. The van der Waals surface area contributed by atoms with Crippen LogP contribution in [-0.4, -0.2) is 40.3 Å². The van der Waals surface area contributed by atoms with Crippen LogP contribution in [0, 0.1) is 0 Å². The Morgan fingerprint density at radius 2 is 1.71 bits per heavy atom. The molecule has 1 aliphatic heterocycles. The Morgan fingerprint density at radius 3 is 2.32 bits per heavy atom. The van der Waals surface area contributed by atoms with E-state index in [-0.39, 0.29) is 25.5 Å². The molecule has 28 heavy (non-hydrogen) atoms. The van der Waals surface area contributed by atoms with E-state index in [2.05, 4.69) is 5.32 Å².